The van der Waals surface area contributed by atoms with E-state index in [9.17, 15) is 0 Å². The Morgan fingerprint density at radius 3 is 0.700 bits per heavy atom. The zero-order valence-corrected chi connectivity index (χ0v) is 22.2. The number of hydrogen-bond acceptors (Lipinski definition) is 2. The van der Waals surface area contributed by atoms with Crippen molar-refractivity contribution in [1.29, 1.82) is 0 Å². The minimum atomic E-state index is -3.77. The Morgan fingerprint density at radius 2 is 0.600 bits per heavy atom. The van der Waals surface area contributed by atoms with E-state index in [0.717, 1.165) is 8.28 Å². The third-order valence-electron chi connectivity index (χ3n) is 1.52. The van der Waals surface area contributed by atoms with Crippen molar-refractivity contribution in [1.82, 2.24) is 8.28 Å². The molecular formula is BCl13N2Si4. The lowest BCUT2D eigenvalue weighted by Gasteiger charge is -2.42. The van der Waals surface area contributed by atoms with Crippen molar-refractivity contribution in [3.05, 3.63) is 0 Å². The summed E-state index contributed by atoms with van der Waals surface area (Å²) in [4.78, 5) is 0. The van der Waals surface area contributed by atoms with Crippen LogP contribution in [0.4, 0.5) is 0 Å². The summed E-state index contributed by atoms with van der Waals surface area (Å²) in [5, 5.41) is 0. The lowest BCUT2D eigenvalue weighted by molar-refractivity contribution is 0.933. The van der Waals surface area contributed by atoms with Gasteiger partial charge in [-0.3, -0.25) is 8.28 Å². The summed E-state index contributed by atoms with van der Waals surface area (Å²) in [6.45, 7) is 0. The minimum absolute atomic E-state index is 0.834. The molecule has 20 heteroatoms. The second-order valence-corrected chi connectivity index (χ2v) is 36.5. The summed E-state index contributed by atoms with van der Waals surface area (Å²) in [5.74, 6) is 0. The average molecular weight is 612 g/mol. The molecule has 20 heavy (non-hydrogen) atoms. The van der Waals surface area contributed by atoms with Gasteiger partial charge in [0.05, 0.1) is 0 Å². The van der Waals surface area contributed by atoms with E-state index in [2.05, 4.69) is 0 Å². The standard InChI is InChI=1S/BCl13N2Si4/c2-1(15(17(3,4)5)18(6,7)8)16(19(9,10)11)20(12,13)14. The van der Waals surface area contributed by atoms with E-state index in [1.54, 1.807) is 0 Å². The molecule has 0 unspecified atom stereocenters. The van der Waals surface area contributed by atoms with Gasteiger partial charge >= 0.3 is 31.1 Å². The van der Waals surface area contributed by atoms with Crippen molar-refractivity contribution >= 4 is 175 Å². The van der Waals surface area contributed by atoms with Crippen LogP contribution < -0.4 is 0 Å². The second kappa shape index (κ2) is 8.54. The molecule has 0 aromatic carbocycles. The molecule has 0 bridgehead atoms. The maximum absolute atomic E-state index is 6.13. The molecule has 0 aromatic rings. The lowest BCUT2D eigenvalue weighted by Crippen LogP contribution is -2.70. The fraction of sp³-hybridized carbons (Fsp3) is 0. The van der Waals surface area contributed by atoms with Crippen molar-refractivity contribution in [2.45, 2.75) is 0 Å². The van der Waals surface area contributed by atoms with Gasteiger partial charge in [0.1, 0.15) is 0 Å². The van der Waals surface area contributed by atoms with E-state index < -0.39 is 31.1 Å². The highest BCUT2D eigenvalue weighted by molar-refractivity contribution is 7.78. The topological polar surface area (TPSA) is 6.48 Å². The molecule has 0 saturated carbocycles. The van der Waals surface area contributed by atoms with Crippen LogP contribution in [0, 0.1) is 0 Å². The first-order valence-electron chi connectivity index (χ1n) is 3.90. The Morgan fingerprint density at radius 1 is 0.450 bits per heavy atom. The first-order chi connectivity index (χ1) is 8.40. The highest BCUT2D eigenvalue weighted by atomic mass is 35.9. The summed E-state index contributed by atoms with van der Waals surface area (Å²) in [5.41, 5.74) is 0. The van der Waals surface area contributed by atoms with Crippen LogP contribution >= 0.6 is 144 Å². The summed E-state index contributed by atoms with van der Waals surface area (Å²) in [6.07, 6.45) is -16.6. The largest absolute Gasteiger partial charge is 0.411 e. The second-order valence-electron chi connectivity index (χ2n) is 2.92. The Hall–Kier alpha value is 4.62. The van der Waals surface area contributed by atoms with Crippen molar-refractivity contribution in [3.63, 3.8) is 0 Å². The van der Waals surface area contributed by atoms with Gasteiger partial charge in [0.2, 0.25) is 0 Å². The number of nitrogens with zero attached hydrogens (tertiary/aromatic N) is 2. The van der Waals surface area contributed by atoms with Gasteiger partial charge in [-0.15, -0.1) is 133 Å². The number of hydrogen-bond donors (Lipinski definition) is 0. The molecule has 0 amide bonds. The molecule has 0 aliphatic heterocycles. The van der Waals surface area contributed by atoms with Crippen molar-refractivity contribution < 1.29 is 0 Å². The highest BCUT2D eigenvalue weighted by Crippen LogP contribution is 2.44. The fourth-order valence-electron chi connectivity index (χ4n) is 0.886. The van der Waals surface area contributed by atoms with E-state index in [0.29, 0.717) is 0 Å². The van der Waals surface area contributed by atoms with Crippen LogP contribution in [0.25, 0.3) is 0 Å². The maximum Gasteiger partial charge on any atom is 0.411 e. The summed E-state index contributed by atoms with van der Waals surface area (Å²) >= 11 is 76.5. The normalized spacial score (nSPS) is 15.2. The van der Waals surface area contributed by atoms with Gasteiger partial charge in [0, 0.05) is 0 Å². The van der Waals surface area contributed by atoms with Crippen LogP contribution in [-0.4, -0.2) is 39.3 Å². The Labute approximate surface area is 181 Å². The van der Waals surface area contributed by atoms with Gasteiger partial charge in [-0.2, -0.15) is 11.5 Å². The van der Waals surface area contributed by atoms with Crippen LogP contribution in [0.15, 0.2) is 0 Å². The molecule has 0 aromatic heterocycles. The molecule has 120 valence electrons. The van der Waals surface area contributed by atoms with Crippen LogP contribution in [0.3, 0.4) is 0 Å². The molecule has 0 N–H and O–H groups in total. The van der Waals surface area contributed by atoms with Gasteiger partial charge in [-0.25, -0.2) is 0 Å². The Balaban J connectivity index is 5.81. The zero-order valence-electron chi connectivity index (χ0n) is 8.39. The zero-order chi connectivity index (χ0) is 16.7. The van der Waals surface area contributed by atoms with Gasteiger partial charge < -0.3 is 0 Å². The first kappa shape index (κ1) is 24.6. The van der Waals surface area contributed by atoms with Gasteiger partial charge in [-0.05, 0) is 0 Å². The number of halogens is 13. The molecule has 0 radical (unpaired) electrons. The van der Waals surface area contributed by atoms with Crippen LogP contribution in [-0.2, 0) is 0 Å². The summed E-state index contributed by atoms with van der Waals surface area (Å²) in [6, 6.07) is 0. The van der Waals surface area contributed by atoms with E-state index in [-0.39, 0.29) is 0 Å². The van der Waals surface area contributed by atoms with E-state index in [1.165, 1.54) is 0 Å². The van der Waals surface area contributed by atoms with Crippen molar-refractivity contribution in [2.24, 2.45) is 0 Å². The summed E-state index contributed by atoms with van der Waals surface area (Å²) in [7, 11) is 0. The van der Waals surface area contributed by atoms with E-state index in [1.807, 2.05) is 0 Å². The molecule has 0 fully saturated rings. The minimum Gasteiger partial charge on any atom is -0.286 e. The van der Waals surface area contributed by atoms with Crippen LogP contribution in [0.1, 0.15) is 0 Å². The summed E-state index contributed by atoms with van der Waals surface area (Å²) < 4.78 is 1.67. The Kier molecular flexibility index (Phi) is 10.5. The molecule has 0 atom stereocenters. The van der Waals surface area contributed by atoms with Crippen molar-refractivity contribution in [2.75, 3.05) is 0 Å². The quantitative estimate of drug-likeness (QED) is 0.253. The molecule has 0 aliphatic rings. The van der Waals surface area contributed by atoms with Gasteiger partial charge in [0.25, 0.3) is 0 Å². The number of rotatable bonds is 6. The predicted molar refractivity (Wildman–Crippen MR) is 109 cm³/mol. The first-order valence-corrected chi connectivity index (χ1v) is 24.3. The van der Waals surface area contributed by atoms with Gasteiger partial charge in [-0.1, -0.05) is 0 Å². The van der Waals surface area contributed by atoms with Crippen LogP contribution in [0.5, 0.6) is 0 Å². The smallest absolute Gasteiger partial charge is 0.286 e. The third-order valence-corrected chi connectivity index (χ3v) is 21.4. The van der Waals surface area contributed by atoms with Crippen molar-refractivity contribution in [3.8, 4) is 0 Å². The van der Waals surface area contributed by atoms with E-state index >= 15 is 0 Å². The lowest BCUT2D eigenvalue weighted by atomic mass is 10.2. The average Bonchev–Trinajstić information content (AvgIpc) is 1.88. The van der Waals surface area contributed by atoms with Gasteiger partial charge in [0.15, 0.2) is 0 Å². The Bertz CT molecular complexity index is 263. The molecule has 0 saturated heterocycles. The third kappa shape index (κ3) is 7.89. The van der Waals surface area contributed by atoms with Crippen LogP contribution in [0.2, 0.25) is 0 Å². The molecule has 0 aliphatic carbocycles. The van der Waals surface area contributed by atoms with E-state index in [4.69, 9.17) is 144 Å². The maximum atomic E-state index is 6.13. The highest BCUT2D eigenvalue weighted by Gasteiger charge is 2.63. The monoisotopic (exact) mass is 606 g/mol. The molecule has 2 nitrogen and oxygen atoms in total. The molecule has 0 spiro atoms. The predicted octanol–water partition coefficient (Wildman–Crippen LogP) is 6.42. The molecule has 0 heterocycles. The molecular weight excluding hydrogens is 612 g/mol. The molecule has 0 rings (SSSR count). The fourth-order valence-corrected chi connectivity index (χ4v) is 32.7. The SMILES string of the molecule is ClB(N([Si](Cl)(Cl)Cl)[Si](Cl)(Cl)Cl)N([Si](Cl)(Cl)Cl)[Si](Cl)(Cl)Cl.